The molecule has 3 nitrogen and oxygen atoms in total. The highest BCUT2D eigenvalue weighted by atomic mass is 16.3. The number of hydrogen-bond acceptors (Lipinski definition) is 3. The van der Waals surface area contributed by atoms with Crippen LogP contribution in [0.3, 0.4) is 0 Å². The van der Waals surface area contributed by atoms with E-state index in [2.05, 4.69) is 32.6 Å². The van der Waals surface area contributed by atoms with Crippen molar-refractivity contribution in [1.82, 2.24) is 4.90 Å². The minimum absolute atomic E-state index is 0.0948. The minimum Gasteiger partial charge on any atom is -0.468 e. The number of nitrogens with two attached hydrogens (primary N) is 1. The summed E-state index contributed by atoms with van der Waals surface area (Å²) in [6, 6.07) is 4.31. The summed E-state index contributed by atoms with van der Waals surface area (Å²) in [7, 11) is 0. The van der Waals surface area contributed by atoms with Gasteiger partial charge in [0.15, 0.2) is 0 Å². The Morgan fingerprint density at radius 3 is 2.37 bits per heavy atom. The van der Waals surface area contributed by atoms with E-state index in [-0.39, 0.29) is 12.1 Å². The molecule has 0 saturated carbocycles. The fourth-order valence-corrected chi connectivity index (χ4v) is 3.27. The number of rotatable bonds is 3. The maximum atomic E-state index is 6.18. The monoisotopic (exact) mass is 264 g/mol. The first-order valence-corrected chi connectivity index (χ1v) is 7.42. The van der Waals surface area contributed by atoms with Gasteiger partial charge in [-0.15, -0.1) is 0 Å². The number of furan rings is 1. The SMILES string of the molecule is CC(N)C(c1ccco1)N1CCC(C(C)(C)C)CC1. The summed E-state index contributed by atoms with van der Waals surface area (Å²) in [4.78, 5) is 2.49. The van der Waals surface area contributed by atoms with Crippen LogP contribution < -0.4 is 5.73 Å². The molecule has 0 aromatic carbocycles. The highest BCUT2D eigenvalue weighted by molar-refractivity contribution is 5.08. The Bertz CT molecular complexity index is 370. The molecule has 2 atom stereocenters. The Labute approximate surface area is 117 Å². The van der Waals surface area contributed by atoms with Crippen LogP contribution in [-0.2, 0) is 0 Å². The number of likely N-dealkylation sites (tertiary alicyclic amines) is 1. The smallest absolute Gasteiger partial charge is 0.122 e. The van der Waals surface area contributed by atoms with Crippen molar-refractivity contribution in [2.45, 2.75) is 52.6 Å². The lowest BCUT2D eigenvalue weighted by Crippen LogP contribution is -2.45. The molecule has 3 heteroatoms. The van der Waals surface area contributed by atoms with Gasteiger partial charge in [0.2, 0.25) is 0 Å². The molecule has 2 rings (SSSR count). The zero-order valence-electron chi connectivity index (χ0n) is 12.7. The molecule has 1 aromatic rings. The largest absolute Gasteiger partial charge is 0.468 e. The van der Waals surface area contributed by atoms with E-state index >= 15 is 0 Å². The number of piperidine rings is 1. The van der Waals surface area contributed by atoms with E-state index in [1.54, 1.807) is 6.26 Å². The summed E-state index contributed by atoms with van der Waals surface area (Å²) in [6.07, 6.45) is 4.26. The van der Waals surface area contributed by atoms with Crippen molar-refractivity contribution < 1.29 is 4.42 Å². The zero-order valence-corrected chi connectivity index (χ0v) is 12.7. The van der Waals surface area contributed by atoms with Gasteiger partial charge in [-0.2, -0.15) is 0 Å². The first-order chi connectivity index (χ1) is 8.89. The van der Waals surface area contributed by atoms with Crippen LogP contribution in [0.5, 0.6) is 0 Å². The molecule has 19 heavy (non-hydrogen) atoms. The van der Waals surface area contributed by atoms with Crippen molar-refractivity contribution in [1.29, 1.82) is 0 Å². The minimum atomic E-state index is 0.0948. The summed E-state index contributed by atoms with van der Waals surface area (Å²) < 4.78 is 5.58. The van der Waals surface area contributed by atoms with Crippen LogP contribution in [0.15, 0.2) is 22.8 Å². The van der Waals surface area contributed by atoms with Gasteiger partial charge in [-0.3, -0.25) is 4.90 Å². The lowest BCUT2D eigenvalue weighted by Gasteiger charge is -2.42. The fraction of sp³-hybridized carbons (Fsp3) is 0.750. The molecular formula is C16H28N2O. The van der Waals surface area contributed by atoms with Gasteiger partial charge < -0.3 is 10.2 Å². The van der Waals surface area contributed by atoms with Crippen LogP contribution >= 0.6 is 0 Å². The Kier molecular flexibility index (Phi) is 4.36. The first-order valence-electron chi connectivity index (χ1n) is 7.42. The Morgan fingerprint density at radius 1 is 1.32 bits per heavy atom. The maximum Gasteiger partial charge on any atom is 0.122 e. The van der Waals surface area contributed by atoms with E-state index in [1.807, 2.05) is 12.1 Å². The van der Waals surface area contributed by atoms with Crippen molar-refractivity contribution in [2.24, 2.45) is 17.1 Å². The molecule has 1 aromatic heterocycles. The average Bonchev–Trinajstić information content (AvgIpc) is 2.82. The molecular weight excluding hydrogens is 236 g/mol. The Hall–Kier alpha value is -0.800. The zero-order chi connectivity index (χ0) is 14.0. The van der Waals surface area contributed by atoms with Crippen LogP contribution in [0, 0.1) is 11.3 Å². The molecule has 1 fully saturated rings. The van der Waals surface area contributed by atoms with Gasteiger partial charge in [-0.25, -0.2) is 0 Å². The normalized spacial score (nSPS) is 22.4. The Morgan fingerprint density at radius 2 is 1.95 bits per heavy atom. The highest BCUT2D eigenvalue weighted by Crippen LogP contribution is 2.37. The third-order valence-electron chi connectivity index (χ3n) is 4.48. The quantitative estimate of drug-likeness (QED) is 0.909. The van der Waals surface area contributed by atoms with Crippen molar-refractivity contribution in [3.8, 4) is 0 Å². The van der Waals surface area contributed by atoms with Crippen molar-refractivity contribution in [3.63, 3.8) is 0 Å². The van der Waals surface area contributed by atoms with Crippen LogP contribution in [0.2, 0.25) is 0 Å². The molecule has 108 valence electrons. The standard InChI is InChI=1S/C16H28N2O/c1-12(17)15(14-6-5-11-19-14)18-9-7-13(8-10-18)16(2,3)4/h5-6,11-13,15H,7-10,17H2,1-4H3. The molecule has 0 amide bonds. The van der Waals surface area contributed by atoms with E-state index in [1.165, 1.54) is 12.8 Å². The molecule has 0 radical (unpaired) electrons. The van der Waals surface area contributed by atoms with Crippen molar-refractivity contribution in [2.75, 3.05) is 13.1 Å². The van der Waals surface area contributed by atoms with Gasteiger partial charge in [0.25, 0.3) is 0 Å². The van der Waals surface area contributed by atoms with Crippen LogP contribution in [0.1, 0.15) is 52.3 Å². The van der Waals surface area contributed by atoms with E-state index in [0.717, 1.165) is 24.8 Å². The van der Waals surface area contributed by atoms with Crippen LogP contribution in [0.4, 0.5) is 0 Å². The second-order valence-corrected chi connectivity index (χ2v) is 7.00. The van der Waals surface area contributed by atoms with Gasteiger partial charge in [-0.05, 0) is 56.3 Å². The Balaban J connectivity index is 2.03. The van der Waals surface area contributed by atoms with Crippen molar-refractivity contribution in [3.05, 3.63) is 24.2 Å². The van der Waals surface area contributed by atoms with Gasteiger partial charge in [0.1, 0.15) is 5.76 Å². The van der Waals surface area contributed by atoms with Gasteiger partial charge in [0.05, 0.1) is 12.3 Å². The first kappa shape index (κ1) is 14.6. The number of nitrogens with zero attached hydrogens (tertiary/aromatic N) is 1. The molecule has 2 N–H and O–H groups in total. The van der Waals surface area contributed by atoms with Crippen molar-refractivity contribution >= 4 is 0 Å². The predicted octanol–water partition coefficient (Wildman–Crippen LogP) is 3.43. The maximum absolute atomic E-state index is 6.18. The summed E-state index contributed by atoms with van der Waals surface area (Å²) in [6.45, 7) is 11.4. The summed E-state index contributed by atoms with van der Waals surface area (Å²) in [5.74, 6) is 1.82. The summed E-state index contributed by atoms with van der Waals surface area (Å²) in [5.41, 5.74) is 6.59. The molecule has 0 bridgehead atoms. The fourth-order valence-electron chi connectivity index (χ4n) is 3.27. The third-order valence-corrected chi connectivity index (χ3v) is 4.48. The molecule has 0 aliphatic carbocycles. The van der Waals surface area contributed by atoms with Gasteiger partial charge in [0, 0.05) is 6.04 Å². The lowest BCUT2D eigenvalue weighted by atomic mass is 9.75. The molecule has 0 spiro atoms. The van der Waals surface area contributed by atoms with E-state index in [9.17, 15) is 0 Å². The topological polar surface area (TPSA) is 42.4 Å². The molecule has 1 aliphatic heterocycles. The highest BCUT2D eigenvalue weighted by Gasteiger charge is 2.33. The molecule has 2 unspecified atom stereocenters. The van der Waals surface area contributed by atoms with Crippen LogP contribution in [0.25, 0.3) is 0 Å². The average molecular weight is 264 g/mol. The van der Waals surface area contributed by atoms with Gasteiger partial charge in [-0.1, -0.05) is 20.8 Å². The predicted molar refractivity (Wildman–Crippen MR) is 78.9 cm³/mol. The van der Waals surface area contributed by atoms with Gasteiger partial charge >= 0.3 is 0 Å². The lowest BCUT2D eigenvalue weighted by molar-refractivity contribution is 0.0667. The molecule has 1 aliphatic rings. The van der Waals surface area contributed by atoms with E-state index in [0.29, 0.717) is 5.41 Å². The summed E-state index contributed by atoms with van der Waals surface area (Å²) in [5, 5.41) is 0. The second kappa shape index (κ2) is 5.68. The van der Waals surface area contributed by atoms with E-state index in [4.69, 9.17) is 10.2 Å². The second-order valence-electron chi connectivity index (χ2n) is 7.00. The molecule has 1 saturated heterocycles. The summed E-state index contributed by atoms with van der Waals surface area (Å²) >= 11 is 0. The van der Waals surface area contributed by atoms with Crippen LogP contribution in [-0.4, -0.2) is 24.0 Å². The molecule has 2 heterocycles. The number of hydrogen-bond donors (Lipinski definition) is 1. The van der Waals surface area contributed by atoms with E-state index < -0.39 is 0 Å². The third kappa shape index (κ3) is 3.40.